The van der Waals surface area contributed by atoms with Crippen molar-refractivity contribution in [2.75, 3.05) is 6.54 Å². The van der Waals surface area contributed by atoms with Crippen molar-refractivity contribution >= 4 is 12.0 Å². The van der Waals surface area contributed by atoms with Crippen molar-refractivity contribution < 1.29 is 14.7 Å². The second-order valence-electron chi connectivity index (χ2n) is 3.57. The second-order valence-corrected chi connectivity index (χ2v) is 3.57. The van der Waals surface area contributed by atoms with E-state index in [2.05, 4.69) is 5.32 Å². The van der Waals surface area contributed by atoms with Gasteiger partial charge in [-0.25, -0.2) is 9.59 Å². The first-order valence-electron chi connectivity index (χ1n) is 4.48. The van der Waals surface area contributed by atoms with E-state index in [4.69, 9.17) is 5.11 Å². The van der Waals surface area contributed by atoms with Gasteiger partial charge in [0.25, 0.3) is 0 Å². The first kappa shape index (κ1) is 8.34. The number of urea groups is 1. The molecule has 0 unspecified atom stereocenters. The van der Waals surface area contributed by atoms with Crippen LogP contribution in [-0.4, -0.2) is 40.6 Å². The van der Waals surface area contributed by atoms with E-state index >= 15 is 0 Å². The monoisotopic (exact) mass is 184 g/mol. The third-order valence-electron chi connectivity index (χ3n) is 2.74. The van der Waals surface area contributed by atoms with E-state index in [0.29, 0.717) is 6.42 Å². The van der Waals surface area contributed by atoms with Crippen LogP contribution in [-0.2, 0) is 4.79 Å². The molecule has 2 amide bonds. The lowest BCUT2D eigenvalue weighted by atomic mass is 10.0. The molecule has 2 heterocycles. The minimum absolute atomic E-state index is 0.148. The summed E-state index contributed by atoms with van der Waals surface area (Å²) in [6, 6.07) is -0.761. The van der Waals surface area contributed by atoms with Gasteiger partial charge in [-0.1, -0.05) is 0 Å². The zero-order valence-electron chi connectivity index (χ0n) is 7.19. The van der Waals surface area contributed by atoms with E-state index in [1.54, 1.807) is 4.90 Å². The average Bonchev–Trinajstić information content (AvgIpc) is 2.51. The molecular formula is C8H12N2O3. The molecule has 0 radical (unpaired) electrons. The number of aliphatic carboxylic acids is 1. The minimum Gasteiger partial charge on any atom is -0.480 e. The van der Waals surface area contributed by atoms with Gasteiger partial charge in [0.15, 0.2) is 0 Å². The Bertz CT molecular complexity index is 254. The molecule has 2 aliphatic heterocycles. The highest BCUT2D eigenvalue weighted by Crippen LogP contribution is 2.24. The number of hydrogen-bond donors (Lipinski definition) is 2. The maximum Gasteiger partial charge on any atom is 0.326 e. The Morgan fingerprint density at radius 1 is 1.62 bits per heavy atom. The molecule has 2 fully saturated rings. The summed E-state index contributed by atoms with van der Waals surface area (Å²) in [5.41, 5.74) is 0. The molecule has 5 nitrogen and oxygen atoms in total. The highest BCUT2D eigenvalue weighted by molar-refractivity contribution is 5.84. The molecule has 72 valence electrons. The molecule has 0 bridgehead atoms. The maximum absolute atomic E-state index is 11.3. The van der Waals surface area contributed by atoms with Gasteiger partial charge in [0.1, 0.15) is 6.04 Å². The fourth-order valence-corrected chi connectivity index (χ4v) is 2.07. The average molecular weight is 184 g/mol. The van der Waals surface area contributed by atoms with Gasteiger partial charge in [0.05, 0.1) is 0 Å². The lowest BCUT2D eigenvalue weighted by molar-refractivity contribution is -0.140. The summed E-state index contributed by atoms with van der Waals surface area (Å²) in [6.07, 6.45) is 2.47. The molecule has 0 spiro atoms. The number of carboxylic acid groups (broad SMARTS) is 1. The summed E-state index contributed by atoms with van der Waals surface area (Å²) < 4.78 is 0. The molecule has 2 aliphatic rings. The standard InChI is InChI=1S/C8H12N2O3/c11-7(12)6-4-5-2-1-3-10(5)8(13)9-6/h5-6H,1-4H2,(H,9,13)(H,11,12)/t5-,6-/m0/s1. The minimum atomic E-state index is -0.931. The highest BCUT2D eigenvalue weighted by atomic mass is 16.4. The largest absolute Gasteiger partial charge is 0.480 e. The summed E-state index contributed by atoms with van der Waals surface area (Å²) in [6.45, 7) is 0.767. The normalized spacial score (nSPS) is 32.6. The zero-order valence-corrected chi connectivity index (χ0v) is 7.19. The molecule has 5 heteroatoms. The van der Waals surface area contributed by atoms with Gasteiger partial charge in [0.2, 0.25) is 0 Å². The lowest BCUT2D eigenvalue weighted by Crippen LogP contribution is -2.56. The Hall–Kier alpha value is -1.26. The number of carbonyl (C=O) groups excluding carboxylic acids is 1. The quantitative estimate of drug-likeness (QED) is 0.603. The van der Waals surface area contributed by atoms with Crippen molar-refractivity contribution in [2.45, 2.75) is 31.3 Å². The number of carbonyl (C=O) groups is 2. The fourth-order valence-electron chi connectivity index (χ4n) is 2.07. The molecule has 0 aromatic rings. The summed E-state index contributed by atoms with van der Waals surface area (Å²) in [7, 11) is 0. The molecule has 2 saturated heterocycles. The van der Waals surface area contributed by atoms with Crippen LogP contribution in [0.1, 0.15) is 19.3 Å². The highest BCUT2D eigenvalue weighted by Gasteiger charge is 2.38. The first-order chi connectivity index (χ1) is 6.18. The van der Waals surface area contributed by atoms with Gasteiger partial charge < -0.3 is 15.3 Å². The fraction of sp³-hybridized carbons (Fsp3) is 0.750. The topological polar surface area (TPSA) is 69.6 Å². The van der Waals surface area contributed by atoms with Crippen LogP contribution in [0, 0.1) is 0 Å². The van der Waals surface area contributed by atoms with Gasteiger partial charge in [-0.3, -0.25) is 0 Å². The molecule has 2 rings (SSSR count). The van der Waals surface area contributed by atoms with Crippen LogP contribution in [0.5, 0.6) is 0 Å². The summed E-state index contributed by atoms with van der Waals surface area (Å²) >= 11 is 0. The third-order valence-corrected chi connectivity index (χ3v) is 2.74. The van der Waals surface area contributed by atoms with Crippen molar-refractivity contribution in [3.63, 3.8) is 0 Å². The van der Waals surface area contributed by atoms with Crippen LogP contribution in [0.2, 0.25) is 0 Å². The van der Waals surface area contributed by atoms with Gasteiger partial charge in [-0.15, -0.1) is 0 Å². The van der Waals surface area contributed by atoms with Crippen molar-refractivity contribution in [2.24, 2.45) is 0 Å². The number of fused-ring (bicyclic) bond motifs is 1. The van der Waals surface area contributed by atoms with E-state index in [9.17, 15) is 9.59 Å². The Labute approximate surface area is 75.7 Å². The Morgan fingerprint density at radius 3 is 3.08 bits per heavy atom. The number of nitrogens with one attached hydrogen (secondary N) is 1. The smallest absolute Gasteiger partial charge is 0.326 e. The van der Waals surface area contributed by atoms with E-state index in [-0.39, 0.29) is 12.1 Å². The van der Waals surface area contributed by atoms with Gasteiger partial charge in [-0.2, -0.15) is 0 Å². The van der Waals surface area contributed by atoms with E-state index in [0.717, 1.165) is 19.4 Å². The molecular weight excluding hydrogens is 172 g/mol. The zero-order chi connectivity index (χ0) is 9.42. The van der Waals surface area contributed by atoms with Crippen molar-refractivity contribution in [3.8, 4) is 0 Å². The van der Waals surface area contributed by atoms with Crippen LogP contribution in [0.3, 0.4) is 0 Å². The summed E-state index contributed by atoms with van der Waals surface area (Å²) in [5.74, 6) is -0.931. The predicted molar refractivity (Wildman–Crippen MR) is 44.3 cm³/mol. The number of nitrogens with zero attached hydrogens (tertiary/aromatic N) is 1. The summed E-state index contributed by atoms with van der Waals surface area (Å²) in [5, 5.41) is 11.2. The van der Waals surface area contributed by atoms with Crippen molar-refractivity contribution in [1.29, 1.82) is 0 Å². The van der Waals surface area contributed by atoms with Crippen LogP contribution >= 0.6 is 0 Å². The van der Waals surface area contributed by atoms with Gasteiger partial charge in [0, 0.05) is 12.6 Å². The SMILES string of the molecule is O=C(O)[C@@H]1C[C@@H]2CCCN2C(=O)N1. The molecule has 13 heavy (non-hydrogen) atoms. The van der Waals surface area contributed by atoms with Crippen molar-refractivity contribution in [1.82, 2.24) is 10.2 Å². The number of amides is 2. The first-order valence-corrected chi connectivity index (χ1v) is 4.48. The Kier molecular flexibility index (Phi) is 1.86. The Balaban J connectivity index is 2.09. The molecule has 0 aromatic heterocycles. The van der Waals surface area contributed by atoms with Gasteiger partial charge >= 0.3 is 12.0 Å². The molecule has 2 atom stereocenters. The van der Waals surface area contributed by atoms with Crippen LogP contribution in [0.4, 0.5) is 4.79 Å². The van der Waals surface area contributed by atoms with Crippen LogP contribution in [0.15, 0.2) is 0 Å². The Morgan fingerprint density at radius 2 is 2.38 bits per heavy atom. The second kappa shape index (κ2) is 2.90. The van der Waals surface area contributed by atoms with E-state index < -0.39 is 12.0 Å². The molecule has 0 saturated carbocycles. The number of rotatable bonds is 1. The van der Waals surface area contributed by atoms with Crippen LogP contribution < -0.4 is 5.32 Å². The van der Waals surface area contributed by atoms with E-state index in [1.807, 2.05) is 0 Å². The molecule has 0 aliphatic carbocycles. The number of carboxylic acids is 1. The lowest BCUT2D eigenvalue weighted by Gasteiger charge is -2.33. The maximum atomic E-state index is 11.3. The summed E-state index contributed by atoms with van der Waals surface area (Å²) in [4.78, 5) is 23.7. The molecule has 0 aromatic carbocycles. The third kappa shape index (κ3) is 1.34. The van der Waals surface area contributed by atoms with Gasteiger partial charge in [-0.05, 0) is 19.3 Å². The van der Waals surface area contributed by atoms with E-state index in [1.165, 1.54) is 0 Å². The number of hydrogen-bond acceptors (Lipinski definition) is 2. The van der Waals surface area contributed by atoms with Crippen molar-refractivity contribution in [3.05, 3.63) is 0 Å². The molecule has 2 N–H and O–H groups in total. The van der Waals surface area contributed by atoms with Crippen LogP contribution in [0.25, 0.3) is 0 Å². The predicted octanol–water partition coefficient (Wildman–Crippen LogP) is 0.0173.